The van der Waals surface area contributed by atoms with E-state index in [0.29, 0.717) is 28.5 Å². The third kappa shape index (κ3) is 6.32. The van der Waals surface area contributed by atoms with Gasteiger partial charge in [0.05, 0.1) is 6.20 Å². The van der Waals surface area contributed by atoms with Gasteiger partial charge in [-0.2, -0.15) is 0 Å². The van der Waals surface area contributed by atoms with E-state index in [1.54, 1.807) is 24.4 Å². The van der Waals surface area contributed by atoms with Crippen molar-refractivity contribution in [2.24, 2.45) is 0 Å². The fourth-order valence-corrected chi connectivity index (χ4v) is 4.09. The predicted molar refractivity (Wildman–Crippen MR) is 140 cm³/mol. The maximum atomic E-state index is 12.9. The number of likely N-dealkylation sites (N-methyl/N-ethyl adjacent to an activating group) is 1. The zero-order valence-corrected chi connectivity index (χ0v) is 21.2. The minimum Gasteiger partial charge on any atom is -0.406 e. The van der Waals surface area contributed by atoms with Crippen molar-refractivity contribution in [1.29, 1.82) is 0 Å². The second kappa shape index (κ2) is 10.7. The van der Waals surface area contributed by atoms with Crippen LogP contribution in [0.5, 0.6) is 5.75 Å². The third-order valence-corrected chi connectivity index (χ3v) is 6.23. The standard InChI is InChI=1S/C26H25F3N8O2/c1-16-6-7-17(24(38)33-18-4-3-5-19(13-18)39-26(27,28)29)12-20(16)34-23-22-21(31-15-32-23)14-30-25(35-22)37-10-8-36(2)9-11-37/h3-7,12-15H,8-11H2,1-2H3,(H,33,38)(H,31,32,34). The smallest absolute Gasteiger partial charge is 0.406 e. The second-order valence-corrected chi connectivity index (χ2v) is 9.10. The van der Waals surface area contributed by atoms with E-state index >= 15 is 0 Å². The number of nitrogens with one attached hydrogen (secondary N) is 2. The Labute approximate surface area is 221 Å². The summed E-state index contributed by atoms with van der Waals surface area (Å²) in [4.78, 5) is 35.1. The van der Waals surface area contributed by atoms with E-state index in [0.717, 1.165) is 43.9 Å². The van der Waals surface area contributed by atoms with Gasteiger partial charge in [0.15, 0.2) is 5.82 Å². The van der Waals surface area contributed by atoms with Crippen molar-refractivity contribution in [2.75, 3.05) is 48.8 Å². The maximum Gasteiger partial charge on any atom is 0.573 e. The topological polar surface area (TPSA) is 108 Å². The molecule has 1 amide bonds. The number of aryl methyl sites for hydroxylation is 1. The Morgan fingerprint density at radius 1 is 1.03 bits per heavy atom. The van der Waals surface area contributed by atoms with Gasteiger partial charge in [-0.15, -0.1) is 13.2 Å². The quantitative estimate of drug-likeness (QED) is 0.370. The summed E-state index contributed by atoms with van der Waals surface area (Å²) in [6, 6.07) is 10.1. The van der Waals surface area contributed by atoms with Crippen LogP contribution in [0.4, 0.5) is 36.3 Å². The highest BCUT2D eigenvalue weighted by atomic mass is 19.4. The van der Waals surface area contributed by atoms with Crippen molar-refractivity contribution in [1.82, 2.24) is 24.8 Å². The fourth-order valence-electron chi connectivity index (χ4n) is 4.09. The molecule has 1 aliphatic rings. The van der Waals surface area contributed by atoms with E-state index in [4.69, 9.17) is 4.98 Å². The number of carbonyl (C=O) groups excluding carboxylic acids is 1. The van der Waals surface area contributed by atoms with Crippen LogP contribution < -0.4 is 20.3 Å². The third-order valence-electron chi connectivity index (χ3n) is 6.23. The van der Waals surface area contributed by atoms with Gasteiger partial charge in [-0.1, -0.05) is 12.1 Å². The van der Waals surface area contributed by atoms with E-state index < -0.39 is 18.0 Å². The number of nitrogens with zero attached hydrogens (tertiary/aromatic N) is 6. The van der Waals surface area contributed by atoms with Crippen molar-refractivity contribution < 1.29 is 22.7 Å². The molecule has 3 heterocycles. The molecule has 4 aromatic rings. The van der Waals surface area contributed by atoms with Gasteiger partial charge < -0.3 is 25.2 Å². The predicted octanol–water partition coefficient (Wildman–Crippen LogP) is 4.37. The number of rotatable bonds is 6. The van der Waals surface area contributed by atoms with Gasteiger partial charge in [0.25, 0.3) is 5.91 Å². The Morgan fingerprint density at radius 2 is 1.82 bits per heavy atom. The lowest BCUT2D eigenvalue weighted by molar-refractivity contribution is -0.274. The molecule has 10 nitrogen and oxygen atoms in total. The number of ether oxygens (including phenoxy) is 1. The highest BCUT2D eigenvalue weighted by molar-refractivity contribution is 6.05. The van der Waals surface area contributed by atoms with Crippen LogP contribution in [0.25, 0.3) is 11.0 Å². The lowest BCUT2D eigenvalue weighted by Crippen LogP contribution is -2.45. The number of benzene rings is 2. The molecular weight excluding hydrogens is 513 g/mol. The number of carbonyl (C=O) groups is 1. The van der Waals surface area contributed by atoms with Crippen LogP contribution in [-0.2, 0) is 0 Å². The highest BCUT2D eigenvalue weighted by Crippen LogP contribution is 2.28. The molecule has 0 aliphatic carbocycles. The minimum atomic E-state index is -4.83. The first-order chi connectivity index (χ1) is 18.6. The van der Waals surface area contributed by atoms with Crippen LogP contribution in [0, 0.1) is 6.92 Å². The van der Waals surface area contributed by atoms with Crippen LogP contribution in [0.3, 0.4) is 0 Å². The number of fused-ring (bicyclic) bond motifs is 1. The van der Waals surface area contributed by atoms with Gasteiger partial charge in [-0.25, -0.2) is 19.9 Å². The zero-order valence-electron chi connectivity index (χ0n) is 21.2. The second-order valence-electron chi connectivity index (χ2n) is 9.10. The first kappa shape index (κ1) is 26.1. The summed E-state index contributed by atoms with van der Waals surface area (Å²) in [5.41, 5.74) is 3.00. The number of hydrogen-bond acceptors (Lipinski definition) is 9. The molecule has 13 heteroatoms. The van der Waals surface area contributed by atoms with Crippen molar-refractivity contribution in [3.05, 3.63) is 66.1 Å². The van der Waals surface area contributed by atoms with Gasteiger partial charge in [0, 0.05) is 49.2 Å². The van der Waals surface area contributed by atoms with E-state index in [1.165, 1.54) is 18.5 Å². The van der Waals surface area contributed by atoms with Crippen LogP contribution in [0.1, 0.15) is 15.9 Å². The van der Waals surface area contributed by atoms with Crippen molar-refractivity contribution >= 4 is 40.1 Å². The number of alkyl halides is 3. The number of piperazine rings is 1. The monoisotopic (exact) mass is 538 g/mol. The summed E-state index contributed by atoms with van der Waals surface area (Å²) in [5.74, 6) is 0.111. The van der Waals surface area contributed by atoms with Gasteiger partial charge in [-0.3, -0.25) is 4.79 Å². The molecule has 0 spiro atoms. The normalized spacial score (nSPS) is 14.3. The number of halogens is 3. The van der Waals surface area contributed by atoms with Gasteiger partial charge in [0.2, 0.25) is 5.95 Å². The van der Waals surface area contributed by atoms with Gasteiger partial charge >= 0.3 is 6.36 Å². The maximum absolute atomic E-state index is 12.9. The first-order valence-corrected chi connectivity index (χ1v) is 12.1. The lowest BCUT2D eigenvalue weighted by Gasteiger charge is -2.32. The Morgan fingerprint density at radius 3 is 2.59 bits per heavy atom. The molecule has 202 valence electrons. The average molecular weight is 539 g/mol. The molecule has 0 radical (unpaired) electrons. The van der Waals surface area contributed by atoms with Crippen molar-refractivity contribution in [3.63, 3.8) is 0 Å². The summed E-state index contributed by atoms with van der Waals surface area (Å²) >= 11 is 0. The summed E-state index contributed by atoms with van der Waals surface area (Å²) in [7, 11) is 2.07. The van der Waals surface area contributed by atoms with Crippen LogP contribution in [-0.4, -0.2) is 70.3 Å². The Hall–Kier alpha value is -4.52. The van der Waals surface area contributed by atoms with Crippen molar-refractivity contribution in [2.45, 2.75) is 13.3 Å². The van der Waals surface area contributed by atoms with Gasteiger partial charge in [-0.05, 0) is 43.8 Å². The van der Waals surface area contributed by atoms with Gasteiger partial charge in [0.1, 0.15) is 23.1 Å². The molecule has 1 fully saturated rings. The van der Waals surface area contributed by atoms with E-state index in [9.17, 15) is 18.0 Å². The summed E-state index contributed by atoms with van der Waals surface area (Å²) in [6.45, 7) is 5.30. The fraction of sp³-hybridized carbons (Fsp3) is 0.269. The molecule has 2 aromatic heterocycles. The van der Waals surface area contributed by atoms with Crippen LogP contribution in [0.15, 0.2) is 55.0 Å². The summed E-state index contributed by atoms with van der Waals surface area (Å²) in [5, 5.41) is 5.86. The molecule has 0 atom stereocenters. The molecule has 2 aromatic carbocycles. The number of aromatic nitrogens is 4. The summed E-state index contributed by atoms with van der Waals surface area (Å²) < 4.78 is 41.6. The molecule has 1 aliphatic heterocycles. The first-order valence-electron chi connectivity index (χ1n) is 12.1. The molecule has 39 heavy (non-hydrogen) atoms. The minimum absolute atomic E-state index is 0.159. The van der Waals surface area contributed by atoms with E-state index in [-0.39, 0.29) is 11.3 Å². The molecule has 0 bridgehead atoms. The molecule has 0 saturated carbocycles. The molecule has 0 unspecified atom stereocenters. The van der Waals surface area contributed by atoms with Crippen molar-refractivity contribution in [3.8, 4) is 5.75 Å². The van der Waals surface area contributed by atoms with Crippen LogP contribution >= 0.6 is 0 Å². The summed E-state index contributed by atoms with van der Waals surface area (Å²) in [6.07, 6.45) is -1.76. The Balaban J connectivity index is 1.37. The lowest BCUT2D eigenvalue weighted by atomic mass is 10.1. The van der Waals surface area contributed by atoms with E-state index in [2.05, 4.69) is 47.2 Å². The zero-order chi connectivity index (χ0) is 27.6. The molecule has 2 N–H and O–H groups in total. The number of hydrogen-bond donors (Lipinski definition) is 2. The largest absolute Gasteiger partial charge is 0.573 e. The highest BCUT2D eigenvalue weighted by Gasteiger charge is 2.31. The molecular formula is C26H25F3N8O2. The van der Waals surface area contributed by atoms with E-state index in [1.807, 2.05) is 6.92 Å². The van der Waals surface area contributed by atoms with Crippen LogP contribution in [0.2, 0.25) is 0 Å². The SMILES string of the molecule is Cc1ccc(C(=O)Nc2cccc(OC(F)(F)F)c2)cc1Nc1ncnc2cnc(N3CCN(C)CC3)nc12. The number of anilines is 4. The average Bonchev–Trinajstić information content (AvgIpc) is 2.89. The number of amides is 1. The Kier molecular flexibility index (Phi) is 7.15. The Bertz CT molecular complexity index is 1510. The molecule has 1 saturated heterocycles. The molecule has 5 rings (SSSR count).